The minimum absolute atomic E-state index is 0.229. The Morgan fingerprint density at radius 2 is 1.76 bits per heavy atom. The molecule has 4 aromatic rings. The Hall–Kier alpha value is -3.44. The van der Waals surface area contributed by atoms with Crippen molar-refractivity contribution >= 4 is 11.0 Å². The summed E-state index contributed by atoms with van der Waals surface area (Å²) in [4.78, 5) is 12.0. The van der Waals surface area contributed by atoms with Gasteiger partial charge in [0.1, 0.15) is 17.1 Å². The first-order valence-electron chi connectivity index (χ1n) is 9.28. The zero-order valence-corrected chi connectivity index (χ0v) is 15.9. The number of fused-ring (bicyclic) bond motifs is 1. The van der Waals surface area contributed by atoms with E-state index in [0.29, 0.717) is 17.9 Å². The Labute approximate surface area is 167 Å². The van der Waals surface area contributed by atoms with Crippen LogP contribution < -0.4 is 15.7 Å². The highest BCUT2D eigenvalue weighted by Gasteiger charge is 2.15. The molecule has 0 aliphatic carbocycles. The number of benzene rings is 3. The zero-order chi connectivity index (χ0) is 20.2. The molecule has 0 amide bonds. The van der Waals surface area contributed by atoms with Gasteiger partial charge in [0, 0.05) is 24.1 Å². The molecule has 1 aromatic heterocycles. The van der Waals surface area contributed by atoms with E-state index in [-0.39, 0.29) is 11.9 Å². The SMILES string of the molecule is COc1ccc2c(CNC(c3ccccc3)c3cccc(F)c3)cc(=O)oc2c1. The lowest BCUT2D eigenvalue weighted by Gasteiger charge is -2.20. The van der Waals surface area contributed by atoms with Gasteiger partial charge in [-0.2, -0.15) is 0 Å². The first kappa shape index (κ1) is 18.9. The normalized spacial score (nSPS) is 12.1. The van der Waals surface area contributed by atoms with Gasteiger partial charge in [-0.05, 0) is 41.0 Å². The highest BCUT2D eigenvalue weighted by molar-refractivity contribution is 5.81. The van der Waals surface area contributed by atoms with Crippen LogP contribution >= 0.6 is 0 Å². The molecular weight excluding hydrogens is 369 g/mol. The van der Waals surface area contributed by atoms with Crippen molar-refractivity contribution in [2.45, 2.75) is 12.6 Å². The van der Waals surface area contributed by atoms with E-state index >= 15 is 0 Å². The molecule has 3 aromatic carbocycles. The third-order valence-corrected chi connectivity index (χ3v) is 4.85. The largest absolute Gasteiger partial charge is 0.497 e. The second-order valence-corrected chi connectivity index (χ2v) is 6.73. The summed E-state index contributed by atoms with van der Waals surface area (Å²) in [6.07, 6.45) is 0. The Morgan fingerprint density at radius 1 is 0.966 bits per heavy atom. The Kier molecular flexibility index (Phi) is 5.40. The fourth-order valence-corrected chi connectivity index (χ4v) is 3.46. The van der Waals surface area contributed by atoms with Crippen LogP contribution in [0.25, 0.3) is 11.0 Å². The number of ether oxygens (including phenoxy) is 1. The molecule has 1 N–H and O–H groups in total. The fourth-order valence-electron chi connectivity index (χ4n) is 3.46. The molecule has 5 heteroatoms. The summed E-state index contributed by atoms with van der Waals surface area (Å²) in [7, 11) is 1.56. The van der Waals surface area contributed by atoms with Crippen LogP contribution in [0.3, 0.4) is 0 Å². The molecule has 0 fully saturated rings. The minimum Gasteiger partial charge on any atom is -0.497 e. The van der Waals surface area contributed by atoms with Gasteiger partial charge in [-0.3, -0.25) is 0 Å². The standard InChI is InChI=1S/C24H20FNO3/c1-28-20-10-11-21-18(13-23(27)29-22(21)14-20)15-26-24(16-6-3-2-4-7-16)17-8-5-9-19(25)12-17/h2-14,24,26H,15H2,1H3. The van der Waals surface area contributed by atoms with E-state index < -0.39 is 5.63 Å². The fraction of sp³-hybridized carbons (Fsp3) is 0.125. The van der Waals surface area contributed by atoms with Crippen molar-refractivity contribution in [1.29, 1.82) is 0 Å². The van der Waals surface area contributed by atoms with Crippen LogP contribution in [0.1, 0.15) is 22.7 Å². The number of rotatable bonds is 6. The number of halogens is 1. The van der Waals surface area contributed by atoms with Crippen molar-refractivity contribution in [1.82, 2.24) is 5.32 Å². The zero-order valence-electron chi connectivity index (χ0n) is 15.9. The van der Waals surface area contributed by atoms with Crippen molar-refractivity contribution in [2.75, 3.05) is 7.11 Å². The van der Waals surface area contributed by atoms with Crippen molar-refractivity contribution in [3.63, 3.8) is 0 Å². The molecule has 1 heterocycles. The lowest BCUT2D eigenvalue weighted by atomic mass is 9.98. The highest BCUT2D eigenvalue weighted by atomic mass is 19.1. The topological polar surface area (TPSA) is 51.5 Å². The van der Waals surface area contributed by atoms with E-state index in [1.807, 2.05) is 48.5 Å². The summed E-state index contributed by atoms with van der Waals surface area (Å²) in [6, 6.07) is 23.0. The second kappa shape index (κ2) is 8.29. The van der Waals surface area contributed by atoms with Crippen LogP contribution in [0.2, 0.25) is 0 Å². The smallest absolute Gasteiger partial charge is 0.336 e. The first-order valence-corrected chi connectivity index (χ1v) is 9.28. The van der Waals surface area contributed by atoms with Crippen molar-refractivity contribution in [3.05, 3.63) is 112 Å². The predicted molar refractivity (Wildman–Crippen MR) is 111 cm³/mol. The number of nitrogens with one attached hydrogen (secondary N) is 1. The second-order valence-electron chi connectivity index (χ2n) is 6.73. The van der Waals surface area contributed by atoms with E-state index in [4.69, 9.17) is 9.15 Å². The van der Waals surface area contributed by atoms with E-state index in [9.17, 15) is 9.18 Å². The van der Waals surface area contributed by atoms with Crippen molar-refractivity contribution < 1.29 is 13.5 Å². The molecule has 0 spiro atoms. The van der Waals surface area contributed by atoms with Gasteiger partial charge in [-0.1, -0.05) is 42.5 Å². The van der Waals surface area contributed by atoms with E-state index in [1.165, 1.54) is 18.2 Å². The molecular formula is C24H20FNO3. The van der Waals surface area contributed by atoms with Gasteiger partial charge in [0.05, 0.1) is 13.2 Å². The van der Waals surface area contributed by atoms with Gasteiger partial charge < -0.3 is 14.5 Å². The average molecular weight is 389 g/mol. The maximum atomic E-state index is 13.8. The highest BCUT2D eigenvalue weighted by Crippen LogP contribution is 2.26. The lowest BCUT2D eigenvalue weighted by Crippen LogP contribution is -2.23. The summed E-state index contributed by atoms with van der Waals surface area (Å²) in [5, 5.41) is 4.29. The van der Waals surface area contributed by atoms with Gasteiger partial charge in [-0.25, -0.2) is 9.18 Å². The van der Waals surface area contributed by atoms with Crippen LogP contribution in [-0.2, 0) is 6.54 Å². The van der Waals surface area contributed by atoms with Gasteiger partial charge >= 0.3 is 5.63 Å². The van der Waals surface area contributed by atoms with E-state index in [1.54, 1.807) is 19.2 Å². The van der Waals surface area contributed by atoms with Crippen LogP contribution in [0.4, 0.5) is 4.39 Å². The number of hydrogen-bond acceptors (Lipinski definition) is 4. The third kappa shape index (κ3) is 4.20. The van der Waals surface area contributed by atoms with Gasteiger partial charge in [-0.15, -0.1) is 0 Å². The molecule has 0 radical (unpaired) electrons. The summed E-state index contributed by atoms with van der Waals surface area (Å²) < 4.78 is 24.4. The van der Waals surface area contributed by atoms with Gasteiger partial charge in [0.25, 0.3) is 0 Å². The Balaban J connectivity index is 1.70. The predicted octanol–water partition coefficient (Wildman–Crippen LogP) is 4.82. The van der Waals surface area contributed by atoms with E-state index in [0.717, 1.165) is 22.1 Å². The van der Waals surface area contributed by atoms with Crippen LogP contribution in [0.15, 0.2) is 88.1 Å². The maximum Gasteiger partial charge on any atom is 0.336 e. The van der Waals surface area contributed by atoms with Gasteiger partial charge in [0.15, 0.2) is 0 Å². The molecule has 0 saturated carbocycles. The van der Waals surface area contributed by atoms with Crippen LogP contribution in [0, 0.1) is 5.82 Å². The number of hydrogen-bond donors (Lipinski definition) is 1. The summed E-state index contributed by atoms with van der Waals surface area (Å²) in [5.74, 6) is 0.329. The molecule has 4 nitrogen and oxygen atoms in total. The molecule has 1 atom stereocenters. The molecule has 4 rings (SSSR count). The quantitative estimate of drug-likeness (QED) is 0.481. The third-order valence-electron chi connectivity index (χ3n) is 4.85. The average Bonchev–Trinajstić information content (AvgIpc) is 2.74. The molecule has 146 valence electrons. The molecule has 29 heavy (non-hydrogen) atoms. The van der Waals surface area contributed by atoms with Crippen LogP contribution in [0.5, 0.6) is 5.75 Å². The molecule has 0 saturated heterocycles. The molecule has 0 aliphatic heterocycles. The lowest BCUT2D eigenvalue weighted by molar-refractivity contribution is 0.414. The van der Waals surface area contributed by atoms with E-state index in [2.05, 4.69) is 5.32 Å². The minimum atomic E-state index is -0.426. The summed E-state index contributed by atoms with van der Waals surface area (Å²) in [6.45, 7) is 0.407. The first-order chi connectivity index (χ1) is 14.1. The van der Waals surface area contributed by atoms with Crippen molar-refractivity contribution in [3.8, 4) is 5.75 Å². The van der Waals surface area contributed by atoms with Crippen molar-refractivity contribution in [2.24, 2.45) is 0 Å². The number of methoxy groups -OCH3 is 1. The Bertz CT molecular complexity index is 1190. The Morgan fingerprint density at radius 3 is 2.52 bits per heavy atom. The summed E-state index contributed by atoms with van der Waals surface area (Å²) in [5.41, 5.74) is 2.66. The summed E-state index contributed by atoms with van der Waals surface area (Å²) >= 11 is 0. The molecule has 0 bridgehead atoms. The monoisotopic (exact) mass is 389 g/mol. The van der Waals surface area contributed by atoms with Gasteiger partial charge in [0.2, 0.25) is 0 Å². The van der Waals surface area contributed by atoms with Crippen LogP contribution in [-0.4, -0.2) is 7.11 Å². The maximum absolute atomic E-state index is 13.8. The molecule has 0 aliphatic rings. The molecule has 1 unspecified atom stereocenters.